The lowest BCUT2D eigenvalue weighted by molar-refractivity contribution is 0.588. The van der Waals surface area contributed by atoms with E-state index in [4.69, 9.17) is 75.3 Å². The van der Waals surface area contributed by atoms with Crippen LogP contribution in [0.5, 0.6) is 0 Å². The summed E-state index contributed by atoms with van der Waals surface area (Å²) in [7, 11) is 0. The summed E-state index contributed by atoms with van der Waals surface area (Å²) in [5, 5.41) is 0.654. The first-order valence-corrected chi connectivity index (χ1v) is 6.59. The zero-order chi connectivity index (χ0) is 13.9. The summed E-state index contributed by atoms with van der Waals surface area (Å²) in [5.41, 5.74) is 5.11. The minimum Gasteiger partial charge on any atom is -0.449 e. The lowest BCUT2D eigenvalue weighted by atomic mass is 10.3. The molecule has 0 aliphatic carbocycles. The Morgan fingerprint density at radius 2 is 1.06 bits per heavy atom. The van der Waals surface area contributed by atoms with Crippen molar-refractivity contribution in [3.05, 3.63) is 48.5 Å². The van der Waals surface area contributed by atoms with E-state index in [9.17, 15) is 0 Å². The molecule has 98 valence electrons. The van der Waals surface area contributed by atoms with E-state index in [0.29, 0.717) is 5.88 Å². The Labute approximate surface area is 133 Å². The van der Waals surface area contributed by atoms with Crippen molar-refractivity contribution in [1.82, 2.24) is 0 Å². The van der Waals surface area contributed by atoms with Gasteiger partial charge in [-0.05, 0) is 6.07 Å². The molecule has 8 heteroatoms. The number of hydrogen-bond donors (Lipinski definition) is 1. The molecule has 2 rings (SSSR count). The molecule has 0 radical (unpaired) electrons. The summed E-state index contributed by atoms with van der Waals surface area (Å²) in [5.74, 6) is 0.468. The molecule has 0 saturated heterocycles. The van der Waals surface area contributed by atoms with Gasteiger partial charge in [0.05, 0.1) is 36.4 Å². The summed E-state index contributed by atoms with van der Waals surface area (Å²) < 4.78 is 4.61. The Morgan fingerprint density at radius 3 is 1.17 bits per heavy atom. The summed E-state index contributed by atoms with van der Waals surface area (Å²) in [6.45, 7) is 0. The minimum absolute atomic E-state index is 0.109. The van der Waals surface area contributed by atoms with Crippen LogP contribution in [0.1, 0.15) is 0 Å². The molecule has 2 N–H and O–H groups in total. The zero-order valence-electron chi connectivity index (χ0n) is 8.49. The number of nitrogens with two attached hydrogens (primary N) is 1. The maximum atomic E-state index is 5.67. The fourth-order valence-corrected chi connectivity index (χ4v) is 2.29. The number of benzene rings is 1. The fourth-order valence-electron chi connectivity index (χ4n) is 0.869. The molecule has 0 aliphatic heterocycles. The van der Waals surface area contributed by atoms with E-state index in [2.05, 4.69) is 4.42 Å². The number of nitrogen functional groups attached to an aromatic ring is 1. The molecular weight excluding hydrogens is 363 g/mol. The second-order valence-corrected chi connectivity index (χ2v) is 5.17. The third-order valence-electron chi connectivity index (χ3n) is 1.70. The molecule has 0 saturated carbocycles. The van der Waals surface area contributed by atoms with Crippen molar-refractivity contribution in [2.24, 2.45) is 0 Å². The summed E-state index contributed by atoms with van der Waals surface area (Å²) in [4.78, 5) is 0. The Kier molecular flexibility index (Phi) is 6.25. The third kappa shape index (κ3) is 3.77. The highest BCUT2D eigenvalue weighted by atomic mass is 35.5. The summed E-state index contributed by atoms with van der Waals surface area (Å²) >= 11 is 34.0. The van der Waals surface area contributed by atoms with Crippen LogP contribution in [0.2, 0.25) is 30.1 Å². The minimum atomic E-state index is 0.109. The third-order valence-corrected chi connectivity index (χ3v) is 4.55. The highest BCUT2D eigenvalue weighted by Crippen LogP contribution is 2.45. The number of halogens is 6. The van der Waals surface area contributed by atoms with Crippen LogP contribution in [0.25, 0.3) is 0 Å². The van der Waals surface area contributed by atoms with Gasteiger partial charge in [0.25, 0.3) is 0 Å². The second kappa shape index (κ2) is 6.99. The van der Waals surface area contributed by atoms with Crippen molar-refractivity contribution in [1.29, 1.82) is 0 Å². The molecule has 0 atom stereocenters. The summed E-state index contributed by atoms with van der Waals surface area (Å²) in [6, 6.07) is 3.44. The molecule has 1 aromatic carbocycles. The summed E-state index contributed by atoms with van der Waals surface area (Å²) in [6.07, 6.45) is 1.54. The van der Waals surface area contributed by atoms with E-state index < -0.39 is 0 Å². The number of hydrogen-bond acceptors (Lipinski definition) is 2. The Bertz CT molecular complexity index is 435. The first kappa shape index (κ1) is 16.1. The van der Waals surface area contributed by atoms with E-state index >= 15 is 0 Å². The number of anilines is 1. The monoisotopic (exact) mass is 365 g/mol. The first-order valence-electron chi connectivity index (χ1n) is 4.32. The highest BCUT2D eigenvalue weighted by Gasteiger charge is 2.17. The average molecular weight is 368 g/mol. The van der Waals surface area contributed by atoms with Crippen LogP contribution < -0.4 is 5.73 Å². The normalized spacial score (nSPS) is 9.89. The van der Waals surface area contributed by atoms with Gasteiger partial charge in [0.2, 0.25) is 0 Å². The van der Waals surface area contributed by atoms with Gasteiger partial charge in [0.1, 0.15) is 0 Å². The predicted molar refractivity (Wildman–Crippen MR) is 79.6 cm³/mol. The number of rotatable bonds is 0. The zero-order valence-corrected chi connectivity index (χ0v) is 13.0. The van der Waals surface area contributed by atoms with Gasteiger partial charge in [-0.25, -0.2) is 0 Å². The molecule has 0 fully saturated rings. The van der Waals surface area contributed by atoms with Crippen LogP contribution in [0.4, 0.5) is 5.88 Å². The topological polar surface area (TPSA) is 39.2 Å². The van der Waals surface area contributed by atoms with Crippen LogP contribution in [0, 0.1) is 0 Å². The lowest BCUT2D eigenvalue weighted by Gasteiger charge is -2.06. The highest BCUT2D eigenvalue weighted by molar-refractivity contribution is 6.59. The van der Waals surface area contributed by atoms with Crippen molar-refractivity contribution in [2.75, 3.05) is 5.73 Å². The van der Waals surface area contributed by atoms with Gasteiger partial charge in [0.15, 0.2) is 5.88 Å². The molecule has 0 unspecified atom stereocenters. The first-order chi connectivity index (χ1) is 8.36. The van der Waals surface area contributed by atoms with Gasteiger partial charge >= 0.3 is 0 Å². The average Bonchev–Trinajstić information content (AvgIpc) is 2.83. The van der Waals surface area contributed by atoms with Gasteiger partial charge in [0, 0.05) is 6.07 Å². The Hall–Kier alpha value is 0.0400. The Morgan fingerprint density at radius 1 is 0.722 bits per heavy atom. The lowest BCUT2D eigenvalue weighted by Crippen LogP contribution is -1.79. The van der Waals surface area contributed by atoms with Crippen molar-refractivity contribution in [3.8, 4) is 0 Å². The van der Waals surface area contributed by atoms with E-state index in [1.165, 1.54) is 6.26 Å². The van der Waals surface area contributed by atoms with E-state index in [-0.39, 0.29) is 30.1 Å². The Balaban J connectivity index is 0.000000225. The molecule has 0 bridgehead atoms. The maximum Gasteiger partial charge on any atom is 0.190 e. The number of furan rings is 1. The van der Waals surface area contributed by atoms with Gasteiger partial charge in [-0.1, -0.05) is 69.6 Å². The van der Waals surface area contributed by atoms with E-state index in [1.807, 2.05) is 0 Å². The fraction of sp³-hybridized carbons (Fsp3) is 0. The molecule has 0 aliphatic rings. The van der Waals surface area contributed by atoms with Crippen molar-refractivity contribution >= 4 is 75.5 Å². The van der Waals surface area contributed by atoms with Crippen LogP contribution in [0.15, 0.2) is 22.8 Å². The molecule has 0 spiro atoms. The second-order valence-electron chi connectivity index (χ2n) is 2.90. The standard InChI is InChI=1S/C6Cl6.C4H5NO/c7-1-2(8)4(10)6(12)5(11)3(1)9;5-4-2-1-3-6-4/h;1-3H,5H2. The van der Waals surface area contributed by atoms with Crippen LogP contribution in [-0.2, 0) is 0 Å². The quantitative estimate of drug-likeness (QED) is 0.428. The molecule has 0 amide bonds. The molecule has 2 aromatic rings. The van der Waals surface area contributed by atoms with Crippen molar-refractivity contribution in [3.63, 3.8) is 0 Å². The molecule has 18 heavy (non-hydrogen) atoms. The molecular formula is C10H5Cl6NO. The van der Waals surface area contributed by atoms with Crippen molar-refractivity contribution in [2.45, 2.75) is 0 Å². The van der Waals surface area contributed by atoms with Gasteiger partial charge in [-0.3, -0.25) is 0 Å². The predicted octanol–water partition coefficient (Wildman–Crippen LogP) is 6.47. The van der Waals surface area contributed by atoms with Gasteiger partial charge in [-0.15, -0.1) is 0 Å². The van der Waals surface area contributed by atoms with E-state index in [1.54, 1.807) is 12.1 Å². The van der Waals surface area contributed by atoms with Crippen LogP contribution in [-0.4, -0.2) is 0 Å². The molecule has 2 nitrogen and oxygen atoms in total. The van der Waals surface area contributed by atoms with Crippen LogP contribution >= 0.6 is 69.6 Å². The SMILES string of the molecule is Clc1c(Cl)c(Cl)c(Cl)c(Cl)c1Cl.Nc1ccco1. The largest absolute Gasteiger partial charge is 0.449 e. The van der Waals surface area contributed by atoms with Crippen LogP contribution in [0.3, 0.4) is 0 Å². The molecule has 1 heterocycles. The van der Waals surface area contributed by atoms with Crippen molar-refractivity contribution < 1.29 is 4.42 Å². The van der Waals surface area contributed by atoms with E-state index in [0.717, 1.165) is 0 Å². The van der Waals surface area contributed by atoms with Gasteiger partial charge in [-0.2, -0.15) is 0 Å². The smallest absolute Gasteiger partial charge is 0.190 e. The maximum absolute atomic E-state index is 5.67. The van der Waals surface area contributed by atoms with Gasteiger partial charge < -0.3 is 10.2 Å². The molecule has 1 aromatic heterocycles.